The van der Waals surface area contributed by atoms with Gasteiger partial charge in [-0.15, -0.1) is 22.7 Å². The van der Waals surface area contributed by atoms with E-state index in [1.165, 1.54) is 62.0 Å². The van der Waals surface area contributed by atoms with Crippen LogP contribution < -0.4 is 0 Å². The predicted molar refractivity (Wildman–Crippen MR) is 136 cm³/mol. The van der Waals surface area contributed by atoms with Gasteiger partial charge in [0.25, 0.3) is 0 Å². The van der Waals surface area contributed by atoms with Crippen molar-refractivity contribution in [1.82, 2.24) is 9.38 Å². The number of aromatic nitrogens is 2. The summed E-state index contributed by atoms with van der Waals surface area (Å²) in [7, 11) is 0. The van der Waals surface area contributed by atoms with Crippen LogP contribution in [-0.2, 0) is 0 Å². The number of fused-ring (bicyclic) bond motifs is 13. The molecule has 0 radical (unpaired) electrons. The summed E-state index contributed by atoms with van der Waals surface area (Å²) in [6.07, 6.45) is 3.97. The SMILES string of the molecule is c1ccc2c(c1)sc1cc3sc4c(ccc5c4c4ccccc4c4nccn54)c3cc12. The Morgan fingerprint density at radius 2 is 1.39 bits per heavy atom. The molecule has 8 rings (SSSR count). The molecule has 4 aromatic carbocycles. The zero-order chi connectivity index (χ0) is 20.1. The third kappa shape index (κ3) is 1.99. The van der Waals surface area contributed by atoms with Crippen molar-refractivity contribution in [3.8, 4) is 0 Å². The second-order valence-electron chi connectivity index (χ2n) is 8.05. The molecule has 0 unspecified atom stereocenters. The number of imidazole rings is 1. The molecule has 4 heteroatoms. The van der Waals surface area contributed by atoms with E-state index in [2.05, 4.69) is 88.4 Å². The topological polar surface area (TPSA) is 17.3 Å². The van der Waals surface area contributed by atoms with Crippen molar-refractivity contribution in [2.45, 2.75) is 0 Å². The lowest BCUT2D eigenvalue weighted by atomic mass is 10.0. The molecule has 0 aliphatic rings. The minimum Gasteiger partial charge on any atom is -0.299 e. The Labute approximate surface area is 184 Å². The molecule has 0 N–H and O–H groups in total. The zero-order valence-electron chi connectivity index (χ0n) is 16.3. The number of thiophene rings is 2. The van der Waals surface area contributed by atoms with Gasteiger partial charge in [0.1, 0.15) is 5.65 Å². The average Bonchev–Trinajstić information content (AvgIpc) is 3.52. The largest absolute Gasteiger partial charge is 0.299 e. The molecule has 2 nitrogen and oxygen atoms in total. The fourth-order valence-electron chi connectivity index (χ4n) is 5.10. The molecule has 31 heavy (non-hydrogen) atoms. The van der Waals surface area contributed by atoms with Crippen LogP contribution in [0.2, 0.25) is 0 Å². The lowest BCUT2D eigenvalue weighted by Gasteiger charge is -2.09. The Balaban J connectivity index is 1.62. The smallest absolute Gasteiger partial charge is 0.145 e. The number of pyridine rings is 1. The van der Waals surface area contributed by atoms with Crippen molar-refractivity contribution in [3.63, 3.8) is 0 Å². The molecule has 0 aliphatic carbocycles. The van der Waals surface area contributed by atoms with Crippen molar-refractivity contribution in [1.29, 1.82) is 0 Å². The summed E-state index contributed by atoms with van der Waals surface area (Å²) >= 11 is 3.80. The lowest BCUT2D eigenvalue weighted by molar-refractivity contribution is 1.27. The van der Waals surface area contributed by atoms with Crippen LogP contribution in [0.15, 0.2) is 85.2 Å². The van der Waals surface area contributed by atoms with Gasteiger partial charge in [0.2, 0.25) is 0 Å². The van der Waals surface area contributed by atoms with E-state index in [1.54, 1.807) is 0 Å². The number of hydrogen-bond donors (Lipinski definition) is 0. The Bertz CT molecular complexity index is 2000. The number of rotatable bonds is 0. The van der Waals surface area contributed by atoms with Crippen LogP contribution >= 0.6 is 22.7 Å². The van der Waals surface area contributed by atoms with Crippen molar-refractivity contribution < 1.29 is 0 Å². The summed E-state index contributed by atoms with van der Waals surface area (Å²) in [4.78, 5) is 4.65. The van der Waals surface area contributed by atoms with Crippen LogP contribution in [0.5, 0.6) is 0 Å². The van der Waals surface area contributed by atoms with Crippen LogP contribution in [-0.4, -0.2) is 9.38 Å². The molecule has 8 aromatic rings. The first kappa shape index (κ1) is 16.3. The molecule has 0 atom stereocenters. The second kappa shape index (κ2) is 5.61. The van der Waals surface area contributed by atoms with E-state index >= 15 is 0 Å². The highest BCUT2D eigenvalue weighted by Gasteiger charge is 2.16. The Hall–Kier alpha value is -3.47. The minimum atomic E-state index is 1.02. The number of hydrogen-bond acceptors (Lipinski definition) is 3. The standard InChI is InChI=1S/C27H14N2S2/c1-2-7-18-16(6-1)25-21(29-12-11-28-27(18)29)10-9-17-20-13-19-15-5-3-4-8-22(15)30-23(19)14-24(20)31-26(17)25/h1-14H. The Kier molecular flexibility index (Phi) is 2.94. The zero-order valence-corrected chi connectivity index (χ0v) is 17.9. The molecule has 0 saturated heterocycles. The Morgan fingerprint density at radius 1 is 0.613 bits per heavy atom. The van der Waals surface area contributed by atoms with Gasteiger partial charge in [-0.25, -0.2) is 4.98 Å². The summed E-state index contributed by atoms with van der Waals surface area (Å²) in [5.41, 5.74) is 2.24. The van der Waals surface area contributed by atoms with E-state index in [0.717, 1.165) is 5.65 Å². The highest BCUT2D eigenvalue weighted by molar-refractivity contribution is 7.28. The highest BCUT2D eigenvalue weighted by atomic mass is 32.1. The van der Waals surface area contributed by atoms with Crippen LogP contribution in [0.3, 0.4) is 0 Å². The third-order valence-electron chi connectivity index (χ3n) is 6.45. The van der Waals surface area contributed by atoms with Gasteiger partial charge in [-0.1, -0.05) is 48.5 Å². The molecule has 0 spiro atoms. The van der Waals surface area contributed by atoms with Gasteiger partial charge in [-0.05, 0) is 29.7 Å². The van der Waals surface area contributed by atoms with Crippen molar-refractivity contribution >= 4 is 90.3 Å². The predicted octanol–water partition coefficient (Wildman–Crippen LogP) is 8.38. The molecule has 4 aromatic heterocycles. The lowest BCUT2D eigenvalue weighted by Crippen LogP contribution is -1.90. The van der Waals surface area contributed by atoms with Crippen LogP contribution in [0, 0.1) is 0 Å². The molecule has 0 amide bonds. The minimum absolute atomic E-state index is 1.02. The van der Waals surface area contributed by atoms with E-state index in [4.69, 9.17) is 0 Å². The molecule has 0 aliphatic heterocycles. The van der Waals surface area contributed by atoms with E-state index < -0.39 is 0 Å². The highest BCUT2D eigenvalue weighted by Crippen LogP contribution is 2.45. The van der Waals surface area contributed by atoms with Gasteiger partial charge < -0.3 is 0 Å². The first-order chi connectivity index (χ1) is 15.4. The summed E-state index contributed by atoms with van der Waals surface area (Å²) in [5.74, 6) is 0. The maximum absolute atomic E-state index is 4.65. The van der Waals surface area contributed by atoms with Crippen LogP contribution in [0.4, 0.5) is 0 Å². The molecule has 4 heterocycles. The first-order valence-corrected chi connectivity index (χ1v) is 11.9. The van der Waals surface area contributed by atoms with E-state index in [0.29, 0.717) is 0 Å². The van der Waals surface area contributed by atoms with Crippen molar-refractivity contribution in [3.05, 3.63) is 85.2 Å². The van der Waals surface area contributed by atoms with Gasteiger partial charge >= 0.3 is 0 Å². The molecule has 0 bridgehead atoms. The monoisotopic (exact) mass is 430 g/mol. The van der Waals surface area contributed by atoms with E-state index in [-0.39, 0.29) is 0 Å². The quantitative estimate of drug-likeness (QED) is 0.221. The summed E-state index contributed by atoms with van der Waals surface area (Å²) in [6.45, 7) is 0. The maximum Gasteiger partial charge on any atom is 0.145 e. The summed E-state index contributed by atoms with van der Waals surface area (Å²) in [5, 5.41) is 9.23. The van der Waals surface area contributed by atoms with Gasteiger partial charge in [0, 0.05) is 63.5 Å². The molecular formula is C27H14N2S2. The number of benzene rings is 4. The fraction of sp³-hybridized carbons (Fsp3) is 0. The van der Waals surface area contributed by atoms with Gasteiger partial charge in [-0.2, -0.15) is 0 Å². The average molecular weight is 431 g/mol. The molecule has 0 saturated carbocycles. The molecule has 144 valence electrons. The van der Waals surface area contributed by atoms with Crippen molar-refractivity contribution in [2.24, 2.45) is 0 Å². The third-order valence-corrected chi connectivity index (χ3v) is 8.77. The van der Waals surface area contributed by atoms with Crippen molar-refractivity contribution in [2.75, 3.05) is 0 Å². The number of nitrogens with zero attached hydrogens (tertiary/aromatic N) is 2. The van der Waals surface area contributed by atoms with Crippen LogP contribution in [0.1, 0.15) is 0 Å². The molecular weight excluding hydrogens is 416 g/mol. The second-order valence-corrected chi connectivity index (χ2v) is 10.2. The van der Waals surface area contributed by atoms with Gasteiger partial charge in [0.05, 0.1) is 5.52 Å². The Morgan fingerprint density at radius 3 is 2.32 bits per heavy atom. The summed E-state index contributed by atoms with van der Waals surface area (Å²) in [6, 6.07) is 26.8. The van der Waals surface area contributed by atoms with E-state index in [9.17, 15) is 0 Å². The van der Waals surface area contributed by atoms with E-state index in [1.807, 2.05) is 28.9 Å². The maximum atomic E-state index is 4.65. The normalized spacial score (nSPS) is 12.5. The summed E-state index contributed by atoms with van der Waals surface area (Å²) < 4.78 is 7.68. The molecule has 0 fully saturated rings. The van der Waals surface area contributed by atoms with Gasteiger partial charge in [0.15, 0.2) is 0 Å². The van der Waals surface area contributed by atoms with Crippen LogP contribution in [0.25, 0.3) is 67.7 Å². The van der Waals surface area contributed by atoms with Gasteiger partial charge in [-0.3, -0.25) is 4.40 Å². The first-order valence-electron chi connectivity index (χ1n) is 10.3. The fourth-order valence-corrected chi connectivity index (χ4v) is 7.58.